The molecule has 30 heavy (non-hydrogen) atoms. The summed E-state index contributed by atoms with van der Waals surface area (Å²) in [5.74, 6) is 0.970. The first kappa shape index (κ1) is 17.9. The molecule has 7 heteroatoms. The Morgan fingerprint density at radius 2 is 1.87 bits per heavy atom. The lowest BCUT2D eigenvalue weighted by Gasteiger charge is -2.87. The molecule has 0 radical (unpaired) electrons. The molecule has 2 aliphatic heterocycles. The number of cyclic esters (lactones) is 1. The molecule has 2 heterocycles. The van der Waals surface area contributed by atoms with Gasteiger partial charge in [-0.15, -0.1) is 0 Å². The van der Waals surface area contributed by atoms with Gasteiger partial charge in [-0.25, -0.2) is 4.79 Å². The van der Waals surface area contributed by atoms with E-state index in [1.807, 2.05) is 12.1 Å². The molecule has 0 bridgehead atoms. The van der Waals surface area contributed by atoms with E-state index in [-0.39, 0.29) is 29.0 Å². The molecule has 6 aliphatic rings. The van der Waals surface area contributed by atoms with Crippen LogP contribution in [0.15, 0.2) is 12.1 Å². The van der Waals surface area contributed by atoms with Crippen LogP contribution in [0.25, 0.3) is 0 Å². The van der Waals surface area contributed by atoms with Crippen molar-refractivity contribution in [1.29, 1.82) is 0 Å². The number of rotatable bonds is 3. The van der Waals surface area contributed by atoms with Gasteiger partial charge in [0.25, 0.3) is 0 Å². The van der Waals surface area contributed by atoms with Gasteiger partial charge < -0.3 is 23.5 Å². The lowest BCUT2D eigenvalue weighted by atomic mass is 9.21. The fraction of sp³-hybridized carbons (Fsp3) is 0.696. The minimum absolute atomic E-state index is 0.139. The number of hydrogen-bond acceptors (Lipinski definition) is 6. The topological polar surface area (TPSA) is 63.2 Å². The Labute approximate surface area is 176 Å². The molecule has 4 aliphatic carbocycles. The molecular formula is C23H27BO6. The first-order valence-corrected chi connectivity index (χ1v) is 11.1. The summed E-state index contributed by atoms with van der Waals surface area (Å²) in [7, 11) is 1.24. The normalized spacial score (nSPS) is 44.8. The van der Waals surface area contributed by atoms with E-state index in [1.54, 1.807) is 21.0 Å². The van der Waals surface area contributed by atoms with Gasteiger partial charge in [-0.1, -0.05) is 13.0 Å². The maximum absolute atomic E-state index is 12.8. The summed E-state index contributed by atoms with van der Waals surface area (Å²) >= 11 is 0. The van der Waals surface area contributed by atoms with Crippen molar-refractivity contribution in [3.05, 3.63) is 23.3 Å². The summed E-state index contributed by atoms with van der Waals surface area (Å²) in [6, 6.07) is 3.86. The minimum Gasteiger partial charge on any atom is -0.496 e. The second-order valence-corrected chi connectivity index (χ2v) is 11.0. The van der Waals surface area contributed by atoms with E-state index in [1.165, 1.54) is 6.42 Å². The van der Waals surface area contributed by atoms with Crippen molar-refractivity contribution < 1.29 is 28.3 Å². The minimum atomic E-state index is -1.03. The Morgan fingerprint density at radius 1 is 1.10 bits per heavy atom. The molecule has 6 nitrogen and oxygen atoms in total. The Kier molecular flexibility index (Phi) is 2.81. The summed E-state index contributed by atoms with van der Waals surface area (Å²) < 4.78 is 30.8. The van der Waals surface area contributed by atoms with Crippen molar-refractivity contribution in [1.82, 2.24) is 0 Å². The van der Waals surface area contributed by atoms with Crippen molar-refractivity contribution >= 4 is 13.1 Å². The van der Waals surface area contributed by atoms with E-state index in [0.717, 1.165) is 30.7 Å². The van der Waals surface area contributed by atoms with Gasteiger partial charge in [0.05, 0.1) is 18.3 Å². The predicted octanol–water partition coefficient (Wildman–Crippen LogP) is 3.64. The number of methoxy groups -OCH3 is 1. The van der Waals surface area contributed by atoms with Gasteiger partial charge in [-0.3, -0.25) is 0 Å². The fourth-order valence-corrected chi connectivity index (χ4v) is 7.84. The summed E-state index contributed by atoms with van der Waals surface area (Å²) in [5, 5.41) is -0.292. The Morgan fingerprint density at radius 3 is 2.47 bits per heavy atom. The van der Waals surface area contributed by atoms with Crippen molar-refractivity contribution in [3.8, 4) is 11.5 Å². The molecule has 0 aromatic heterocycles. The van der Waals surface area contributed by atoms with Crippen LogP contribution >= 0.6 is 0 Å². The van der Waals surface area contributed by atoms with Crippen LogP contribution in [0.1, 0.15) is 69.3 Å². The first-order chi connectivity index (χ1) is 14.1. The maximum Gasteiger partial charge on any atom is 0.469 e. The van der Waals surface area contributed by atoms with Crippen LogP contribution in [0, 0.1) is 17.3 Å². The summed E-state index contributed by atoms with van der Waals surface area (Å²) in [6.45, 7) is 8.16. The number of fused-ring (bicyclic) bond motifs is 2. The average Bonchev–Trinajstić information content (AvgIpc) is 3.42. The van der Waals surface area contributed by atoms with E-state index >= 15 is 0 Å². The molecule has 4 unspecified atom stereocenters. The van der Waals surface area contributed by atoms with Crippen molar-refractivity contribution in [2.75, 3.05) is 7.11 Å². The van der Waals surface area contributed by atoms with E-state index in [4.69, 9.17) is 23.5 Å². The zero-order chi connectivity index (χ0) is 20.9. The maximum atomic E-state index is 12.8. The van der Waals surface area contributed by atoms with E-state index < -0.39 is 11.8 Å². The molecule has 5 atom stereocenters. The fourth-order valence-electron chi connectivity index (χ4n) is 7.84. The van der Waals surface area contributed by atoms with Gasteiger partial charge in [0.1, 0.15) is 17.1 Å². The number of carbonyl (C=O) groups excluding carboxylic acids is 1. The van der Waals surface area contributed by atoms with Crippen molar-refractivity contribution in [3.63, 3.8) is 0 Å². The van der Waals surface area contributed by atoms with Crippen LogP contribution in [0.2, 0.25) is 0 Å². The summed E-state index contributed by atoms with van der Waals surface area (Å²) in [5.41, 5.74) is 1.29. The summed E-state index contributed by atoms with van der Waals surface area (Å²) in [6.07, 6.45) is 4.27. The summed E-state index contributed by atoms with van der Waals surface area (Å²) in [4.78, 5) is 12.8. The third-order valence-corrected chi connectivity index (χ3v) is 9.63. The number of ether oxygens (including phenoxy) is 3. The number of hydrogen-bond donors (Lipinski definition) is 0. The average molecular weight is 410 g/mol. The number of benzene rings is 1. The van der Waals surface area contributed by atoms with Gasteiger partial charge in [0, 0.05) is 24.6 Å². The van der Waals surface area contributed by atoms with Gasteiger partial charge in [-0.2, -0.15) is 0 Å². The Balaban J connectivity index is 1.32. The van der Waals surface area contributed by atoms with Crippen molar-refractivity contribution in [2.24, 2.45) is 17.3 Å². The lowest BCUT2D eigenvalue weighted by Crippen LogP contribution is -2.92. The quantitative estimate of drug-likeness (QED) is 0.560. The molecule has 4 saturated carbocycles. The Hall–Kier alpha value is -1.73. The van der Waals surface area contributed by atoms with Crippen molar-refractivity contribution in [2.45, 2.75) is 75.7 Å². The highest BCUT2D eigenvalue weighted by molar-refractivity contribution is 6.51. The van der Waals surface area contributed by atoms with Crippen LogP contribution in [0.4, 0.5) is 0 Å². The monoisotopic (exact) mass is 410 g/mol. The van der Waals surface area contributed by atoms with Gasteiger partial charge >= 0.3 is 13.1 Å². The third-order valence-electron chi connectivity index (χ3n) is 9.63. The molecule has 0 N–H and O–H groups in total. The molecule has 1 saturated heterocycles. The van der Waals surface area contributed by atoms with Crippen LogP contribution in [-0.4, -0.2) is 37.2 Å². The standard InChI is InChI=1S/C23H27BO6/c1-19(2)27-17-13(6-7-14(26-5)16(17)18(25)28-19)22(8-9-22)24-29-21(4)15-10-12-11-23(21,30-24)20(12,15)3/h6-7,12,15H,8-11H2,1-5H3/t12?,15?,20?,21-,23?/m0/s1. The van der Waals surface area contributed by atoms with Gasteiger partial charge in [-0.05, 0) is 56.1 Å². The van der Waals surface area contributed by atoms with E-state index in [0.29, 0.717) is 23.0 Å². The largest absolute Gasteiger partial charge is 0.496 e. The molecule has 1 spiro atoms. The smallest absolute Gasteiger partial charge is 0.469 e. The number of carbonyl (C=O) groups is 1. The molecular weight excluding hydrogens is 383 g/mol. The number of esters is 1. The Bertz CT molecular complexity index is 1030. The molecule has 0 amide bonds. The van der Waals surface area contributed by atoms with Crippen LogP contribution in [0.5, 0.6) is 11.5 Å². The molecule has 7 rings (SSSR count). The highest BCUT2D eigenvalue weighted by Gasteiger charge is 2.94. The molecule has 158 valence electrons. The third kappa shape index (κ3) is 1.57. The van der Waals surface area contributed by atoms with E-state index in [9.17, 15) is 4.79 Å². The van der Waals surface area contributed by atoms with E-state index in [2.05, 4.69) is 13.8 Å². The molecule has 1 aromatic carbocycles. The van der Waals surface area contributed by atoms with Gasteiger partial charge in [0.15, 0.2) is 0 Å². The SMILES string of the molecule is COc1ccc(C2(B3OC45CC6CC(C64C)[C@]5(C)O3)CC2)c2c1C(=O)OC(C)(C)O2. The predicted molar refractivity (Wildman–Crippen MR) is 107 cm³/mol. The zero-order valence-corrected chi connectivity index (χ0v) is 18.2. The van der Waals surface area contributed by atoms with Crippen LogP contribution < -0.4 is 9.47 Å². The highest BCUT2D eigenvalue weighted by Crippen LogP contribution is 2.88. The second-order valence-electron chi connectivity index (χ2n) is 11.0. The highest BCUT2D eigenvalue weighted by atomic mass is 16.7. The van der Waals surface area contributed by atoms with Crippen LogP contribution in [-0.2, 0) is 19.4 Å². The molecule has 1 aromatic rings. The molecule has 5 fully saturated rings. The first-order valence-electron chi connectivity index (χ1n) is 11.1. The zero-order valence-electron chi connectivity index (χ0n) is 18.2. The second kappa shape index (κ2) is 4.70. The lowest BCUT2D eigenvalue weighted by molar-refractivity contribution is -0.429. The van der Waals surface area contributed by atoms with Gasteiger partial charge in [0.2, 0.25) is 5.79 Å². The van der Waals surface area contributed by atoms with Crippen LogP contribution in [0.3, 0.4) is 0 Å².